The summed E-state index contributed by atoms with van der Waals surface area (Å²) in [5.74, 6) is 0. The van der Waals surface area contributed by atoms with E-state index in [4.69, 9.17) is 9.97 Å². The van der Waals surface area contributed by atoms with E-state index in [1.54, 1.807) is 0 Å². The number of nitrogens with zero attached hydrogens (tertiary/aromatic N) is 6. The van der Waals surface area contributed by atoms with Gasteiger partial charge in [-0.3, -0.25) is 19.9 Å². The fraction of sp³-hybridized carbons (Fsp3) is 0. The predicted octanol–water partition coefficient (Wildman–Crippen LogP) is 6.87. The second-order valence-corrected chi connectivity index (χ2v) is 9.93. The molecule has 0 atom stereocenters. The molecule has 0 saturated heterocycles. The zero-order valence-electron chi connectivity index (χ0n) is 20.9. The number of hydrogen-bond donors (Lipinski definition) is 2. The Morgan fingerprint density at radius 2 is 0.750 bits per heavy atom. The van der Waals surface area contributed by atoms with Gasteiger partial charge in [0.1, 0.15) is 0 Å². The summed E-state index contributed by atoms with van der Waals surface area (Å²) in [6, 6.07) is 16.4. The molecule has 0 fully saturated rings. The smallest absolute Gasteiger partial charge is 0.0752 e. The molecule has 7 aromatic heterocycles. The van der Waals surface area contributed by atoms with E-state index in [2.05, 4.69) is 54.2 Å². The fourth-order valence-corrected chi connectivity index (χ4v) is 5.83. The van der Waals surface area contributed by atoms with E-state index in [0.29, 0.717) is 0 Å². The molecule has 9 heterocycles. The lowest BCUT2D eigenvalue weighted by Crippen LogP contribution is -1.78. The van der Waals surface area contributed by atoms with Gasteiger partial charge < -0.3 is 9.97 Å². The molecule has 2 aliphatic heterocycles. The summed E-state index contributed by atoms with van der Waals surface area (Å²) in [6.45, 7) is 0. The Kier molecular flexibility index (Phi) is 4.17. The van der Waals surface area contributed by atoms with E-state index in [9.17, 15) is 0 Å². The number of pyridine rings is 4. The molecule has 0 saturated carbocycles. The maximum atomic E-state index is 5.09. The van der Waals surface area contributed by atoms with Crippen molar-refractivity contribution < 1.29 is 0 Å². The zero-order chi connectivity index (χ0) is 26.2. The van der Waals surface area contributed by atoms with Crippen molar-refractivity contribution in [1.82, 2.24) is 39.9 Å². The van der Waals surface area contributed by atoms with Crippen molar-refractivity contribution in [3.05, 3.63) is 98.1 Å². The van der Waals surface area contributed by atoms with Crippen LogP contribution in [-0.4, -0.2) is 39.9 Å². The Morgan fingerprint density at radius 1 is 0.375 bits per heavy atom. The Bertz CT molecular complexity index is 2030. The number of hydrogen-bond acceptors (Lipinski definition) is 6. The minimum atomic E-state index is 0.840. The van der Waals surface area contributed by atoms with Crippen LogP contribution >= 0.6 is 0 Å². The molecule has 186 valence electrons. The number of aromatic amines is 2. The van der Waals surface area contributed by atoms with Crippen LogP contribution in [0.25, 0.3) is 88.6 Å². The highest BCUT2D eigenvalue weighted by Crippen LogP contribution is 2.39. The molecule has 40 heavy (non-hydrogen) atoms. The molecule has 9 rings (SSSR count). The van der Waals surface area contributed by atoms with Crippen LogP contribution in [-0.2, 0) is 0 Å². The van der Waals surface area contributed by atoms with E-state index in [1.165, 1.54) is 0 Å². The average molecular weight is 515 g/mol. The summed E-state index contributed by atoms with van der Waals surface area (Å²) in [4.78, 5) is 35.1. The third-order valence-electron chi connectivity index (χ3n) is 7.69. The van der Waals surface area contributed by atoms with E-state index in [0.717, 1.165) is 88.6 Å². The van der Waals surface area contributed by atoms with E-state index >= 15 is 0 Å². The lowest BCUT2D eigenvalue weighted by molar-refractivity contribution is 1.34. The molecule has 0 unspecified atom stereocenters. The quantitative estimate of drug-likeness (QED) is 0.229. The third kappa shape index (κ3) is 3.01. The highest BCUT2D eigenvalue weighted by Gasteiger charge is 2.19. The van der Waals surface area contributed by atoms with Crippen molar-refractivity contribution in [3.63, 3.8) is 0 Å². The lowest BCUT2D eigenvalue weighted by Gasteiger charge is -1.97. The molecule has 7 aromatic rings. The molecular formula is C32H18N8. The van der Waals surface area contributed by atoms with Gasteiger partial charge in [-0.15, -0.1) is 0 Å². The molecule has 2 N–H and O–H groups in total. The van der Waals surface area contributed by atoms with E-state index in [-0.39, 0.29) is 0 Å². The number of H-pyrrole nitrogens is 2. The van der Waals surface area contributed by atoms with Crippen molar-refractivity contribution in [1.29, 1.82) is 0 Å². The molecule has 0 aliphatic carbocycles. The Balaban J connectivity index is 1.51. The SMILES string of the molecule is c1cc2c(cn1)-c1cc3[nH]c(cc4nc(cc5[nH]c(cc-2n1)c1cnccc51)-c1ccncc1-4)c1cnccc31. The molecular weight excluding hydrogens is 496 g/mol. The summed E-state index contributed by atoms with van der Waals surface area (Å²) in [6.07, 6.45) is 14.8. The predicted molar refractivity (Wildman–Crippen MR) is 156 cm³/mol. The number of fused-ring (bicyclic) bond motifs is 20. The van der Waals surface area contributed by atoms with Gasteiger partial charge in [0.25, 0.3) is 0 Å². The molecule has 8 nitrogen and oxygen atoms in total. The van der Waals surface area contributed by atoms with Gasteiger partial charge in [-0.2, -0.15) is 0 Å². The number of aromatic nitrogens is 8. The monoisotopic (exact) mass is 514 g/mol. The molecule has 2 aliphatic rings. The number of nitrogens with one attached hydrogen (secondary N) is 2. The molecule has 0 aromatic carbocycles. The maximum Gasteiger partial charge on any atom is 0.0752 e. The second-order valence-electron chi connectivity index (χ2n) is 9.93. The standard InChI is InChI=1S/C32H18N8/c1-5-33-13-21-17(1)25-9-26-18-2-6-35-15-23(18)31(38-26)12-32-24-16-36-8-4-20(24)28(40-32)11-30-22-14-34-7-3-19(22)27(39-30)10-29(21)37-25/h1-16,37,40H. The van der Waals surface area contributed by atoms with Gasteiger partial charge in [-0.1, -0.05) is 0 Å². The highest BCUT2D eigenvalue weighted by atomic mass is 14.8. The fourth-order valence-electron chi connectivity index (χ4n) is 5.83. The summed E-state index contributed by atoms with van der Waals surface area (Å²) in [5, 5.41) is 4.15. The third-order valence-corrected chi connectivity index (χ3v) is 7.69. The second kappa shape index (κ2) is 7.87. The van der Waals surface area contributed by atoms with Crippen molar-refractivity contribution >= 4 is 43.6 Å². The van der Waals surface area contributed by atoms with Crippen LogP contribution in [0, 0.1) is 0 Å². The largest absolute Gasteiger partial charge is 0.354 e. The Hall–Kier alpha value is -5.76. The first-order chi connectivity index (χ1) is 19.8. The first kappa shape index (κ1) is 21.2. The Morgan fingerprint density at radius 3 is 1.23 bits per heavy atom. The van der Waals surface area contributed by atoms with E-state index in [1.807, 2.05) is 73.8 Å². The lowest BCUT2D eigenvalue weighted by atomic mass is 10.1. The summed E-state index contributed by atoms with van der Waals surface area (Å²) >= 11 is 0. The van der Waals surface area contributed by atoms with Crippen LogP contribution in [0.1, 0.15) is 0 Å². The van der Waals surface area contributed by atoms with Gasteiger partial charge in [-0.05, 0) is 48.5 Å². The van der Waals surface area contributed by atoms with Crippen molar-refractivity contribution in [3.8, 4) is 45.0 Å². The average Bonchev–Trinajstić information content (AvgIpc) is 3.73. The molecule has 8 bridgehead atoms. The topological polar surface area (TPSA) is 109 Å². The van der Waals surface area contributed by atoms with Gasteiger partial charge >= 0.3 is 0 Å². The number of rotatable bonds is 0. The van der Waals surface area contributed by atoms with Crippen LogP contribution in [0.2, 0.25) is 0 Å². The summed E-state index contributed by atoms with van der Waals surface area (Å²) in [7, 11) is 0. The van der Waals surface area contributed by atoms with Crippen LogP contribution < -0.4 is 0 Å². The zero-order valence-corrected chi connectivity index (χ0v) is 20.9. The summed E-state index contributed by atoms with van der Waals surface area (Å²) in [5.41, 5.74) is 11.2. The molecule has 0 amide bonds. The van der Waals surface area contributed by atoms with Crippen molar-refractivity contribution in [2.24, 2.45) is 0 Å². The van der Waals surface area contributed by atoms with Gasteiger partial charge in [-0.25, -0.2) is 9.97 Å². The van der Waals surface area contributed by atoms with Crippen LogP contribution in [0.15, 0.2) is 98.1 Å². The minimum absolute atomic E-state index is 0.840. The molecule has 0 radical (unpaired) electrons. The van der Waals surface area contributed by atoms with Gasteiger partial charge in [0.2, 0.25) is 0 Å². The van der Waals surface area contributed by atoms with Crippen LogP contribution in [0.5, 0.6) is 0 Å². The molecule has 8 heteroatoms. The minimum Gasteiger partial charge on any atom is -0.354 e. The highest BCUT2D eigenvalue weighted by molar-refractivity contribution is 6.09. The van der Waals surface area contributed by atoms with Crippen molar-refractivity contribution in [2.45, 2.75) is 0 Å². The summed E-state index contributed by atoms with van der Waals surface area (Å²) < 4.78 is 0. The first-order valence-corrected chi connectivity index (χ1v) is 12.9. The van der Waals surface area contributed by atoms with Crippen LogP contribution in [0.4, 0.5) is 0 Å². The first-order valence-electron chi connectivity index (χ1n) is 12.9. The molecule has 0 spiro atoms. The van der Waals surface area contributed by atoms with E-state index < -0.39 is 0 Å². The Labute approximate surface area is 226 Å². The van der Waals surface area contributed by atoms with Crippen molar-refractivity contribution in [2.75, 3.05) is 0 Å². The normalized spacial score (nSPS) is 12.0. The van der Waals surface area contributed by atoms with Gasteiger partial charge in [0.15, 0.2) is 0 Å². The van der Waals surface area contributed by atoms with Gasteiger partial charge in [0, 0.05) is 104 Å². The maximum absolute atomic E-state index is 5.09. The van der Waals surface area contributed by atoms with Gasteiger partial charge in [0.05, 0.1) is 33.8 Å². The van der Waals surface area contributed by atoms with Crippen LogP contribution in [0.3, 0.4) is 0 Å².